The molecule has 5 heteroatoms. The zero-order chi connectivity index (χ0) is 12.3. The average Bonchev–Trinajstić information content (AvgIpc) is 2.29. The molecule has 0 aromatic carbocycles. The Bertz CT molecular complexity index is 490. The topological polar surface area (TPSA) is 63.6 Å². The van der Waals surface area contributed by atoms with Crippen LogP contribution in [0.3, 0.4) is 0 Å². The summed E-state index contributed by atoms with van der Waals surface area (Å²) in [6.45, 7) is 6.41. The van der Waals surface area contributed by atoms with E-state index in [4.69, 9.17) is 0 Å². The largest absolute Gasteiger partial charge is 0.322 e. The van der Waals surface area contributed by atoms with Crippen molar-refractivity contribution in [2.75, 3.05) is 5.32 Å². The second-order valence-corrected chi connectivity index (χ2v) is 4.80. The van der Waals surface area contributed by atoms with Gasteiger partial charge in [0.2, 0.25) is 0 Å². The third-order valence-corrected chi connectivity index (χ3v) is 2.34. The molecule has 2 rings (SSSR count). The molecule has 1 N–H and O–H groups in total. The Morgan fingerprint density at radius 2 is 1.88 bits per heavy atom. The van der Waals surface area contributed by atoms with Crippen LogP contribution in [0, 0.1) is 0 Å². The average molecular weight is 229 g/mol. The highest BCUT2D eigenvalue weighted by atomic mass is 15.2. The van der Waals surface area contributed by atoms with E-state index in [1.807, 2.05) is 6.07 Å². The molecule has 0 aliphatic heterocycles. The fraction of sp³-hybridized carbons (Fsp3) is 0.333. The van der Waals surface area contributed by atoms with Gasteiger partial charge in [-0.25, -0.2) is 4.98 Å². The van der Waals surface area contributed by atoms with Gasteiger partial charge in [-0.2, -0.15) is 5.10 Å². The molecule has 0 saturated carbocycles. The minimum atomic E-state index is 0.0503. The Kier molecular flexibility index (Phi) is 2.99. The number of hydrogen-bond acceptors (Lipinski definition) is 5. The Hall–Kier alpha value is -2.04. The van der Waals surface area contributed by atoms with Gasteiger partial charge in [0, 0.05) is 12.4 Å². The van der Waals surface area contributed by atoms with Gasteiger partial charge in [-0.05, 0) is 17.0 Å². The van der Waals surface area contributed by atoms with Gasteiger partial charge < -0.3 is 5.32 Å². The predicted molar refractivity (Wildman–Crippen MR) is 66.0 cm³/mol. The van der Waals surface area contributed by atoms with Crippen molar-refractivity contribution in [3.8, 4) is 0 Å². The van der Waals surface area contributed by atoms with Gasteiger partial charge in [-0.3, -0.25) is 4.98 Å². The molecule has 88 valence electrons. The second kappa shape index (κ2) is 4.45. The van der Waals surface area contributed by atoms with Crippen molar-refractivity contribution in [2.45, 2.75) is 26.2 Å². The van der Waals surface area contributed by atoms with Crippen molar-refractivity contribution in [1.82, 2.24) is 20.2 Å². The summed E-state index contributed by atoms with van der Waals surface area (Å²) in [5.74, 6) is 1.34. The summed E-state index contributed by atoms with van der Waals surface area (Å²) < 4.78 is 0. The maximum Gasteiger partial charge on any atom is 0.154 e. The van der Waals surface area contributed by atoms with Gasteiger partial charge in [0.15, 0.2) is 5.82 Å². The molecule has 0 aliphatic rings. The first-order chi connectivity index (χ1) is 8.05. The fourth-order valence-electron chi connectivity index (χ4n) is 1.33. The van der Waals surface area contributed by atoms with Crippen LogP contribution in [0.15, 0.2) is 30.9 Å². The maximum absolute atomic E-state index is 4.12. The van der Waals surface area contributed by atoms with E-state index in [-0.39, 0.29) is 5.41 Å². The van der Waals surface area contributed by atoms with Crippen molar-refractivity contribution in [3.63, 3.8) is 0 Å². The quantitative estimate of drug-likeness (QED) is 0.856. The monoisotopic (exact) mass is 229 g/mol. The van der Waals surface area contributed by atoms with Crippen LogP contribution >= 0.6 is 0 Å². The van der Waals surface area contributed by atoms with E-state index in [1.54, 1.807) is 24.8 Å². The lowest BCUT2D eigenvalue weighted by Gasteiger charge is -2.18. The van der Waals surface area contributed by atoms with Gasteiger partial charge in [0.1, 0.15) is 5.82 Å². The third-order valence-electron chi connectivity index (χ3n) is 2.34. The molecule has 17 heavy (non-hydrogen) atoms. The predicted octanol–water partition coefficient (Wildman–Crippen LogP) is 2.31. The molecule has 0 radical (unpaired) electrons. The zero-order valence-corrected chi connectivity index (χ0v) is 10.2. The number of anilines is 2. The van der Waals surface area contributed by atoms with Gasteiger partial charge in [-0.1, -0.05) is 20.8 Å². The first-order valence-corrected chi connectivity index (χ1v) is 5.42. The Morgan fingerprint density at radius 1 is 1.06 bits per heavy atom. The fourth-order valence-corrected chi connectivity index (χ4v) is 1.33. The van der Waals surface area contributed by atoms with E-state index in [9.17, 15) is 0 Å². The van der Waals surface area contributed by atoms with Gasteiger partial charge in [0.25, 0.3) is 0 Å². The second-order valence-electron chi connectivity index (χ2n) is 4.80. The highest BCUT2D eigenvalue weighted by Gasteiger charge is 2.14. The summed E-state index contributed by atoms with van der Waals surface area (Å²) in [4.78, 5) is 8.10. The van der Waals surface area contributed by atoms with Gasteiger partial charge in [0.05, 0.1) is 12.4 Å². The summed E-state index contributed by atoms with van der Waals surface area (Å²) in [6, 6.07) is 1.97. The minimum Gasteiger partial charge on any atom is -0.322 e. The van der Waals surface area contributed by atoms with Crippen molar-refractivity contribution in [1.29, 1.82) is 0 Å². The molecular formula is C12H15N5. The highest BCUT2D eigenvalue weighted by Crippen LogP contribution is 2.23. The van der Waals surface area contributed by atoms with Crippen LogP contribution in [0.1, 0.15) is 26.3 Å². The Morgan fingerprint density at radius 3 is 2.53 bits per heavy atom. The summed E-state index contributed by atoms with van der Waals surface area (Å²) in [7, 11) is 0. The van der Waals surface area contributed by atoms with E-state index in [0.717, 1.165) is 5.56 Å². The molecule has 0 bridgehead atoms. The normalized spacial score (nSPS) is 11.2. The molecule has 5 nitrogen and oxygen atoms in total. The molecule has 2 aromatic heterocycles. The molecule has 0 atom stereocenters. The number of aromatic nitrogens is 4. The molecule has 2 heterocycles. The molecule has 0 unspecified atom stereocenters. The van der Waals surface area contributed by atoms with Crippen molar-refractivity contribution >= 4 is 11.6 Å². The van der Waals surface area contributed by atoms with Crippen molar-refractivity contribution in [2.24, 2.45) is 0 Å². The highest BCUT2D eigenvalue weighted by molar-refractivity contribution is 5.50. The lowest BCUT2D eigenvalue weighted by atomic mass is 9.89. The number of nitrogens with one attached hydrogen (secondary N) is 1. The molecule has 0 amide bonds. The smallest absolute Gasteiger partial charge is 0.154 e. The summed E-state index contributed by atoms with van der Waals surface area (Å²) in [6.07, 6.45) is 6.68. The van der Waals surface area contributed by atoms with Crippen LogP contribution in [-0.2, 0) is 5.41 Å². The Balaban J connectivity index is 2.23. The zero-order valence-electron chi connectivity index (χ0n) is 10.2. The summed E-state index contributed by atoms with van der Waals surface area (Å²) in [5.41, 5.74) is 1.17. The molecular weight excluding hydrogens is 214 g/mol. The molecule has 0 saturated heterocycles. The van der Waals surface area contributed by atoms with E-state index < -0.39 is 0 Å². The van der Waals surface area contributed by atoms with E-state index in [0.29, 0.717) is 11.6 Å². The first kappa shape index (κ1) is 11.4. The third kappa shape index (κ3) is 2.96. The molecule has 0 spiro atoms. The molecule has 2 aromatic rings. The van der Waals surface area contributed by atoms with Crippen LogP contribution in [0.4, 0.5) is 11.6 Å². The SMILES string of the molecule is CC(C)(C)c1cnnc(Nc2cnccn2)c1. The van der Waals surface area contributed by atoms with E-state index >= 15 is 0 Å². The molecule has 0 aliphatic carbocycles. The van der Waals surface area contributed by atoms with E-state index in [2.05, 4.69) is 46.3 Å². The summed E-state index contributed by atoms with van der Waals surface area (Å²) >= 11 is 0. The van der Waals surface area contributed by atoms with Crippen LogP contribution in [0.5, 0.6) is 0 Å². The first-order valence-electron chi connectivity index (χ1n) is 5.42. The van der Waals surface area contributed by atoms with E-state index in [1.165, 1.54) is 0 Å². The van der Waals surface area contributed by atoms with Crippen molar-refractivity contribution < 1.29 is 0 Å². The number of rotatable bonds is 2. The maximum atomic E-state index is 4.12. The summed E-state index contributed by atoms with van der Waals surface area (Å²) in [5, 5.41) is 11.1. The van der Waals surface area contributed by atoms with Crippen LogP contribution in [0.25, 0.3) is 0 Å². The van der Waals surface area contributed by atoms with Gasteiger partial charge >= 0.3 is 0 Å². The van der Waals surface area contributed by atoms with Crippen LogP contribution in [0.2, 0.25) is 0 Å². The van der Waals surface area contributed by atoms with Crippen LogP contribution < -0.4 is 5.32 Å². The number of hydrogen-bond donors (Lipinski definition) is 1. The Labute approximate surface area is 100 Å². The standard InChI is InChI=1S/C12H15N5/c1-12(2,3)9-6-10(17-15-7-9)16-11-8-13-4-5-14-11/h4-8H,1-3H3,(H,14,16,17). The lowest BCUT2D eigenvalue weighted by molar-refractivity contribution is 0.585. The molecule has 0 fully saturated rings. The van der Waals surface area contributed by atoms with Crippen molar-refractivity contribution in [3.05, 3.63) is 36.4 Å². The number of nitrogens with zero attached hydrogens (tertiary/aromatic N) is 4. The minimum absolute atomic E-state index is 0.0503. The van der Waals surface area contributed by atoms with Crippen LogP contribution in [-0.4, -0.2) is 20.2 Å². The van der Waals surface area contributed by atoms with Gasteiger partial charge in [-0.15, -0.1) is 5.10 Å². The lowest BCUT2D eigenvalue weighted by Crippen LogP contribution is -2.12.